The highest BCUT2D eigenvalue weighted by Crippen LogP contribution is 2.64. The van der Waals surface area contributed by atoms with Crippen LogP contribution >= 0.6 is 0 Å². The lowest BCUT2D eigenvalue weighted by atomic mass is 9.51. The molecule has 36 heavy (non-hydrogen) atoms. The van der Waals surface area contributed by atoms with E-state index in [2.05, 4.69) is 24.3 Å². The van der Waals surface area contributed by atoms with E-state index in [1.807, 2.05) is 24.3 Å². The van der Waals surface area contributed by atoms with Crippen LogP contribution in [0.2, 0.25) is 0 Å². The molecule has 0 N–H and O–H groups in total. The third kappa shape index (κ3) is 3.19. The van der Waals surface area contributed by atoms with Gasteiger partial charge in [-0.3, -0.25) is 9.59 Å². The monoisotopic (exact) mass is 478 g/mol. The van der Waals surface area contributed by atoms with Gasteiger partial charge in [-0.1, -0.05) is 60.7 Å². The maximum absolute atomic E-state index is 13.8. The van der Waals surface area contributed by atoms with E-state index in [1.165, 1.54) is 26.0 Å². The molecule has 0 saturated heterocycles. The lowest BCUT2D eigenvalue weighted by Crippen LogP contribution is -2.44. The van der Waals surface area contributed by atoms with E-state index in [4.69, 9.17) is 9.47 Å². The van der Waals surface area contributed by atoms with Crippen LogP contribution in [0.4, 0.5) is 4.39 Å². The van der Waals surface area contributed by atoms with Gasteiger partial charge in [0, 0.05) is 30.9 Å². The van der Waals surface area contributed by atoms with Crippen molar-refractivity contribution in [2.24, 2.45) is 0 Å². The van der Waals surface area contributed by atoms with Crippen molar-refractivity contribution in [1.29, 1.82) is 0 Å². The summed E-state index contributed by atoms with van der Waals surface area (Å²) in [4.78, 5) is 24.3. The summed E-state index contributed by atoms with van der Waals surface area (Å²) in [7, 11) is 0. The zero-order valence-electron chi connectivity index (χ0n) is 19.9. The van der Waals surface area contributed by atoms with Crippen LogP contribution in [0.25, 0.3) is 0 Å². The van der Waals surface area contributed by atoms with Crippen LogP contribution in [0.15, 0.2) is 84.9 Å². The quantitative estimate of drug-likeness (QED) is 0.264. The number of halogens is 1. The molecule has 0 aliphatic heterocycles. The minimum atomic E-state index is -0.754. The van der Waals surface area contributed by atoms with E-state index < -0.39 is 17.4 Å². The third-order valence-electron chi connectivity index (χ3n) is 7.24. The number of carbonyl (C=O) groups is 2. The van der Waals surface area contributed by atoms with Gasteiger partial charge < -0.3 is 9.47 Å². The molecule has 0 spiro atoms. The Morgan fingerprint density at radius 3 is 1.86 bits per heavy atom. The Morgan fingerprint density at radius 2 is 1.28 bits per heavy atom. The average Bonchev–Trinajstić information content (AvgIpc) is 2.86. The fourth-order valence-corrected chi connectivity index (χ4v) is 6.15. The first-order chi connectivity index (χ1) is 17.4. The molecule has 5 heteroatoms. The second-order valence-electron chi connectivity index (χ2n) is 9.35. The SMILES string of the molecule is CC(=O)Oc1ccc(OC(C)=O)c2c1C1c3ccccc3C2(Cc2ccc(F)cc2)c2ccccc21. The van der Waals surface area contributed by atoms with Crippen LogP contribution in [-0.4, -0.2) is 11.9 Å². The molecule has 0 atom stereocenters. The predicted octanol–water partition coefficient (Wildman–Crippen LogP) is 6.06. The largest absolute Gasteiger partial charge is 0.426 e. The number of carbonyl (C=O) groups excluding carboxylic acids is 2. The molecule has 4 aromatic rings. The normalized spacial score (nSPS) is 18.6. The molecule has 0 unspecified atom stereocenters. The molecule has 178 valence electrons. The summed E-state index contributed by atoms with van der Waals surface area (Å²) >= 11 is 0. The van der Waals surface area contributed by atoms with E-state index in [0.29, 0.717) is 17.9 Å². The van der Waals surface area contributed by atoms with Gasteiger partial charge in [-0.25, -0.2) is 4.39 Å². The van der Waals surface area contributed by atoms with Crippen molar-refractivity contribution in [3.8, 4) is 11.5 Å². The lowest BCUT2D eigenvalue weighted by molar-refractivity contribution is -0.133. The molecule has 0 radical (unpaired) electrons. The van der Waals surface area contributed by atoms with Crippen molar-refractivity contribution in [3.05, 3.63) is 130 Å². The Labute approximate surface area is 208 Å². The van der Waals surface area contributed by atoms with Crippen LogP contribution in [0, 0.1) is 5.82 Å². The predicted molar refractivity (Wildman–Crippen MR) is 133 cm³/mol. The van der Waals surface area contributed by atoms with Crippen LogP contribution in [0.3, 0.4) is 0 Å². The first kappa shape index (κ1) is 22.2. The zero-order chi connectivity index (χ0) is 25.0. The van der Waals surface area contributed by atoms with Crippen LogP contribution < -0.4 is 9.47 Å². The van der Waals surface area contributed by atoms with Crippen molar-refractivity contribution in [2.45, 2.75) is 31.6 Å². The molecule has 0 saturated carbocycles. The molecule has 2 bridgehead atoms. The Morgan fingerprint density at radius 1 is 0.750 bits per heavy atom. The molecule has 4 aromatic carbocycles. The molecule has 7 rings (SSSR count). The summed E-state index contributed by atoms with van der Waals surface area (Å²) < 4.78 is 25.4. The van der Waals surface area contributed by atoms with E-state index in [1.54, 1.807) is 24.3 Å². The van der Waals surface area contributed by atoms with Crippen molar-refractivity contribution < 1.29 is 23.5 Å². The number of hydrogen-bond acceptors (Lipinski definition) is 4. The summed E-state index contributed by atoms with van der Waals surface area (Å²) in [5, 5.41) is 0. The molecular weight excluding hydrogens is 455 g/mol. The Bertz CT molecular complexity index is 1490. The van der Waals surface area contributed by atoms with E-state index in [-0.39, 0.29) is 11.7 Å². The van der Waals surface area contributed by atoms with Gasteiger partial charge in [0.25, 0.3) is 0 Å². The van der Waals surface area contributed by atoms with Gasteiger partial charge in [0.2, 0.25) is 0 Å². The van der Waals surface area contributed by atoms with Gasteiger partial charge >= 0.3 is 11.9 Å². The number of benzene rings is 4. The molecule has 3 aliphatic rings. The van der Waals surface area contributed by atoms with Gasteiger partial charge in [0.15, 0.2) is 0 Å². The summed E-state index contributed by atoms with van der Waals surface area (Å²) in [6.45, 7) is 2.76. The van der Waals surface area contributed by atoms with Gasteiger partial charge in [-0.15, -0.1) is 0 Å². The second-order valence-corrected chi connectivity index (χ2v) is 9.35. The average molecular weight is 479 g/mol. The summed E-state index contributed by atoms with van der Waals surface area (Å²) in [6, 6.07) is 26.4. The van der Waals surface area contributed by atoms with Crippen molar-refractivity contribution in [3.63, 3.8) is 0 Å². The van der Waals surface area contributed by atoms with Crippen molar-refractivity contribution in [1.82, 2.24) is 0 Å². The van der Waals surface area contributed by atoms with Crippen LogP contribution in [0.1, 0.15) is 58.7 Å². The fraction of sp³-hybridized carbons (Fsp3) is 0.161. The first-order valence-electron chi connectivity index (χ1n) is 11.9. The Balaban J connectivity index is 1.75. The highest BCUT2D eigenvalue weighted by molar-refractivity contribution is 5.80. The molecule has 0 fully saturated rings. The van der Waals surface area contributed by atoms with E-state index >= 15 is 0 Å². The topological polar surface area (TPSA) is 52.6 Å². The fourth-order valence-electron chi connectivity index (χ4n) is 6.15. The smallest absolute Gasteiger partial charge is 0.308 e. The van der Waals surface area contributed by atoms with E-state index in [9.17, 15) is 14.0 Å². The highest BCUT2D eigenvalue weighted by Gasteiger charge is 2.54. The van der Waals surface area contributed by atoms with Crippen molar-refractivity contribution in [2.75, 3.05) is 0 Å². The molecule has 3 aliphatic carbocycles. The van der Waals surface area contributed by atoms with E-state index in [0.717, 1.165) is 38.9 Å². The molecule has 4 nitrogen and oxygen atoms in total. The second kappa shape index (κ2) is 8.16. The molecule has 0 amide bonds. The van der Waals surface area contributed by atoms with Gasteiger partial charge in [-0.05, 0) is 58.5 Å². The molecule has 0 aromatic heterocycles. The van der Waals surface area contributed by atoms with Gasteiger partial charge in [-0.2, -0.15) is 0 Å². The minimum Gasteiger partial charge on any atom is -0.426 e. The summed E-state index contributed by atoms with van der Waals surface area (Å²) in [5.41, 5.74) is 6.22. The van der Waals surface area contributed by atoms with Crippen LogP contribution in [0.5, 0.6) is 11.5 Å². The number of rotatable bonds is 4. The zero-order valence-corrected chi connectivity index (χ0v) is 19.9. The summed E-state index contributed by atoms with van der Waals surface area (Å²) in [5.74, 6) is -0.476. The number of esters is 2. The number of ether oxygens (including phenoxy) is 2. The van der Waals surface area contributed by atoms with Crippen LogP contribution in [-0.2, 0) is 21.4 Å². The standard InChI is InChI=1S/C31H23FO4/c1-18(33)35-26-15-16-27(36-19(2)34)30-29(26)28-22-7-3-5-9-24(22)31(30,25-10-6-4-8-23(25)28)17-20-11-13-21(32)14-12-20/h3-16,28H,17H2,1-2H3. The maximum Gasteiger partial charge on any atom is 0.308 e. The first-order valence-corrected chi connectivity index (χ1v) is 11.9. The lowest BCUT2D eigenvalue weighted by Gasteiger charge is -2.51. The van der Waals surface area contributed by atoms with Crippen molar-refractivity contribution >= 4 is 11.9 Å². The molecule has 0 heterocycles. The summed E-state index contributed by atoms with van der Waals surface area (Å²) in [6.07, 6.45) is 0.499. The minimum absolute atomic E-state index is 0.202. The Hall–Kier alpha value is -4.25. The van der Waals surface area contributed by atoms with Gasteiger partial charge in [0.1, 0.15) is 17.3 Å². The molecular formula is C31H23FO4. The van der Waals surface area contributed by atoms with Gasteiger partial charge in [0.05, 0.1) is 5.41 Å². The highest BCUT2D eigenvalue weighted by atomic mass is 19.1. The number of hydrogen-bond donors (Lipinski definition) is 0. The third-order valence-corrected chi connectivity index (χ3v) is 7.24. The Kier molecular flexibility index (Phi) is 5.04. The maximum atomic E-state index is 13.8.